The zero-order valence-electron chi connectivity index (χ0n) is 9.54. The summed E-state index contributed by atoms with van der Waals surface area (Å²) in [6.07, 6.45) is 4.60. The molecule has 17 heavy (non-hydrogen) atoms. The Morgan fingerprint density at radius 1 is 1.53 bits per heavy atom. The highest BCUT2D eigenvalue weighted by atomic mass is 35.5. The van der Waals surface area contributed by atoms with Crippen molar-refractivity contribution in [2.75, 3.05) is 13.2 Å². The first kappa shape index (κ1) is 12.7. The van der Waals surface area contributed by atoms with Crippen molar-refractivity contribution in [2.24, 2.45) is 0 Å². The lowest BCUT2D eigenvalue weighted by molar-refractivity contribution is 0.215. The number of likely N-dealkylation sites (N-methyl/N-ethyl adjacent to an activating group) is 1. The monoisotopic (exact) mass is 272 g/mol. The second-order valence-corrected chi connectivity index (χ2v) is 4.60. The molecule has 5 heteroatoms. The van der Waals surface area contributed by atoms with Gasteiger partial charge in [0, 0.05) is 12.6 Å². The summed E-state index contributed by atoms with van der Waals surface area (Å²) in [5.74, 6) is 0.892. The minimum absolute atomic E-state index is 0.0905. The highest BCUT2D eigenvalue weighted by Crippen LogP contribution is 2.30. The van der Waals surface area contributed by atoms with Crippen LogP contribution in [0.1, 0.15) is 25.1 Å². The van der Waals surface area contributed by atoms with Crippen LogP contribution in [0.2, 0.25) is 10.0 Å². The molecule has 2 heterocycles. The summed E-state index contributed by atoms with van der Waals surface area (Å²) in [4.78, 5) is 4.29. The summed E-state index contributed by atoms with van der Waals surface area (Å²) in [7, 11) is 0. The van der Waals surface area contributed by atoms with Crippen molar-refractivity contribution in [1.29, 1.82) is 0 Å². The van der Waals surface area contributed by atoms with Crippen molar-refractivity contribution in [1.82, 2.24) is 10.3 Å². The molecule has 1 aromatic heterocycles. The number of hydrogen-bond acceptors (Lipinski definition) is 3. The van der Waals surface area contributed by atoms with Gasteiger partial charge < -0.3 is 10.1 Å². The van der Waals surface area contributed by atoms with E-state index in [0.29, 0.717) is 10.0 Å². The summed E-state index contributed by atoms with van der Waals surface area (Å²) in [6.45, 7) is 3.57. The van der Waals surface area contributed by atoms with E-state index < -0.39 is 0 Å². The van der Waals surface area contributed by atoms with Crippen molar-refractivity contribution >= 4 is 23.2 Å². The van der Waals surface area contributed by atoms with Crippen LogP contribution in [0.3, 0.4) is 0 Å². The van der Waals surface area contributed by atoms with Gasteiger partial charge in [0.05, 0.1) is 22.3 Å². The maximum atomic E-state index is 6.17. The number of hydrogen-bond donors (Lipinski definition) is 1. The van der Waals surface area contributed by atoms with E-state index >= 15 is 0 Å². The molecule has 1 atom stereocenters. The van der Waals surface area contributed by atoms with Crippen molar-refractivity contribution in [3.63, 3.8) is 0 Å². The van der Waals surface area contributed by atoms with Crippen LogP contribution in [-0.2, 0) is 4.74 Å². The van der Waals surface area contributed by atoms with Gasteiger partial charge in [-0.15, -0.1) is 0 Å². The molecule has 0 saturated carbocycles. The smallest absolute Gasteiger partial charge is 0.115 e. The van der Waals surface area contributed by atoms with Crippen molar-refractivity contribution in [2.45, 2.75) is 19.4 Å². The molecule has 0 saturated heterocycles. The first-order chi connectivity index (χ1) is 8.22. The third-order valence-corrected chi connectivity index (χ3v) is 3.04. The van der Waals surface area contributed by atoms with E-state index in [1.165, 1.54) is 0 Å². The van der Waals surface area contributed by atoms with Crippen LogP contribution < -0.4 is 5.32 Å². The largest absolute Gasteiger partial charge is 0.496 e. The summed E-state index contributed by atoms with van der Waals surface area (Å²) in [5, 5.41) is 4.41. The third-order valence-electron chi connectivity index (χ3n) is 2.53. The number of rotatable bonds is 4. The predicted molar refractivity (Wildman–Crippen MR) is 69.3 cm³/mol. The second-order valence-electron chi connectivity index (χ2n) is 3.75. The van der Waals surface area contributed by atoms with Crippen molar-refractivity contribution in [3.05, 3.63) is 39.8 Å². The number of nitrogens with zero attached hydrogens (tertiary/aromatic N) is 1. The molecule has 2 rings (SSSR count). The summed E-state index contributed by atoms with van der Waals surface area (Å²) < 4.78 is 5.57. The topological polar surface area (TPSA) is 34.1 Å². The lowest BCUT2D eigenvalue weighted by Gasteiger charge is -2.19. The Balaban J connectivity index is 2.31. The van der Waals surface area contributed by atoms with Gasteiger partial charge in [0.25, 0.3) is 0 Å². The molecule has 0 spiro atoms. The van der Waals surface area contributed by atoms with Crippen LogP contribution in [0.25, 0.3) is 0 Å². The standard InChI is InChI=1S/C12H14Cl2N2O/c1-2-15-12(10-4-3-5-17-10)11-9(14)6-8(13)7-16-11/h4,6-7,12,15H,2-3,5H2,1H3. The van der Waals surface area contributed by atoms with E-state index in [4.69, 9.17) is 27.9 Å². The summed E-state index contributed by atoms with van der Waals surface area (Å²) in [5.41, 5.74) is 0.756. The van der Waals surface area contributed by atoms with Crippen molar-refractivity contribution < 1.29 is 4.74 Å². The maximum Gasteiger partial charge on any atom is 0.115 e. The number of halogens is 2. The molecule has 1 aliphatic heterocycles. The molecule has 0 amide bonds. The van der Waals surface area contributed by atoms with E-state index in [0.717, 1.165) is 31.0 Å². The maximum absolute atomic E-state index is 6.17. The van der Waals surface area contributed by atoms with E-state index in [1.807, 2.05) is 6.92 Å². The fourth-order valence-electron chi connectivity index (χ4n) is 1.81. The number of nitrogens with one attached hydrogen (secondary N) is 1. The van der Waals surface area contributed by atoms with Crippen LogP contribution in [0.5, 0.6) is 0 Å². The third kappa shape index (κ3) is 2.92. The number of pyridine rings is 1. The molecule has 1 aliphatic rings. The van der Waals surface area contributed by atoms with E-state index in [2.05, 4.69) is 16.4 Å². The van der Waals surface area contributed by atoms with Gasteiger partial charge in [-0.1, -0.05) is 30.1 Å². The van der Waals surface area contributed by atoms with Crippen molar-refractivity contribution in [3.8, 4) is 0 Å². The van der Waals surface area contributed by atoms with Gasteiger partial charge in [0.15, 0.2) is 0 Å². The van der Waals surface area contributed by atoms with Gasteiger partial charge in [-0.05, 0) is 18.7 Å². The Morgan fingerprint density at radius 3 is 2.94 bits per heavy atom. The minimum atomic E-state index is -0.0905. The highest BCUT2D eigenvalue weighted by Gasteiger charge is 2.23. The fourth-order valence-corrected chi connectivity index (χ4v) is 2.30. The average molecular weight is 273 g/mol. The first-order valence-corrected chi connectivity index (χ1v) is 6.35. The molecule has 92 valence electrons. The molecule has 1 aromatic rings. The zero-order valence-corrected chi connectivity index (χ0v) is 11.1. The number of aromatic nitrogens is 1. The zero-order chi connectivity index (χ0) is 12.3. The average Bonchev–Trinajstić information content (AvgIpc) is 2.80. The molecular weight excluding hydrogens is 259 g/mol. The van der Waals surface area contributed by atoms with Gasteiger partial charge in [0.2, 0.25) is 0 Å². The molecule has 1 N–H and O–H groups in total. The SMILES string of the molecule is CCNC(C1=CCCO1)c1ncc(Cl)cc1Cl. The summed E-state index contributed by atoms with van der Waals surface area (Å²) in [6, 6.07) is 1.61. The molecule has 0 aromatic carbocycles. The molecule has 0 radical (unpaired) electrons. The molecule has 0 bridgehead atoms. The lowest BCUT2D eigenvalue weighted by Crippen LogP contribution is -2.24. The van der Waals surface area contributed by atoms with Gasteiger partial charge in [-0.25, -0.2) is 0 Å². The molecular formula is C12H14Cl2N2O. The quantitative estimate of drug-likeness (QED) is 0.913. The Bertz CT molecular complexity index is 435. The van der Waals surface area contributed by atoms with E-state index in [9.17, 15) is 0 Å². The predicted octanol–water partition coefficient (Wildman–Crippen LogP) is 3.34. The van der Waals surface area contributed by atoms with Crippen LogP contribution >= 0.6 is 23.2 Å². The molecule has 1 unspecified atom stereocenters. The van der Waals surface area contributed by atoms with E-state index in [1.54, 1.807) is 12.3 Å². The number of ether oxygens (including phenoxy) is 1. The normalized spacial score (nSPS) is 16.5. The van der Waals surface area contributed by atoms with Crippen LogP contribution in [0.4, 0.5) is 0 Å². The van der Waals surface area contributed by atoms with Gasteiger partial charge in [-0.3, -0.25) is 4.98 Å². The highest BCUT2D eigenvalue weighted by molar-refractivity contribution is 6.34. The van der Waals surface area contributed by atoms with Gasteiger partial charge >= 0.3 is 0 Å². The molecule has 0 aliphatic carbocycles. The minimum Gasteiger partial charge on any atom is -0.496 e. The first-order valence-electron chi connectivity index (χ1n) is 5.59. The van der Waals surface area contributed by atoms with Crippen LogP contribution in [0.15, 0.2) is 24.1 Å². The van der Waals surface area contributed by atoms with Gasteiger partial charge in [0.1, 0.15) is 11.8 Å². The summed E-state index contributed by atoms with van der Waals surface area (Å²) >= 11 is 12.0. The Labute approximate surface area is 111 Å². The van der Waals surface area contributed by atoms with E-state index in [-0.39, 0.29) is 6.04 Å². The Hall–Kier alpha value is -0.770. The lowest BCUT2D eigenvalue weighted by atomic mass is 10.1. The van der Waals surface area contributed by atoms with Crippen LogP contribution in [-0.4, -0.2) is 18.1 Å². The molecule has 3 nitrogen and oxygen atoms in total. The van der Waals surface area contributed by atoms with Crippen LogP contribution in [0, 0.1) is 0 Å². The second kappa shape index (κ2) is 5.71. The Morgan fingerprint density at radius 2 is 2.35 bits per heavy atom. The fraction of sp³-hybridized carbons (Fsp3) is 0.417. The Kier molecular flexibility index (Phi) is 4.26. The van der Waals surface area contributed by atoms with Gasteiger partial charge in [-0.2, -0.15) is 0 Å². The molecule has 0 fully saturated rings.